The van der Waals surface area contributed by atoms with Crippen LogP contribution in [0.2, 0.25) is 10.0 Å². The summed E-state index contributed by atoms with van der Waals surface area (Å²) in [6, 6.07) is 3.74. The molecule has 0 bridgehead atoms. The van der Waals surface area contributed by atoms with Crippen LogP contribution < -0.4 is 5.32 Å². The van der Waals surface area contributed by atoms with Crippen LogP contribution in [0.1, 0.15) is 6.42 Å². The number of aliphatic carboxylic acids is 1. The van der Waals surface area contributed by atoms with Gasteiger partial charge < -0.3 is 15.2 Å². The Hall–Kier alpha value is -1.86. The summed E-state index contributed by atoms with van der Waals surface area (Å²) in [6.07, 6.45) is -0.573. The first-order chi connectivity index (χ1) is 14.3. The number of hydrogen-bond acceptors (Lipinski definition) is 9. The number of amides is 1. The van der Waals surface area contributed by atoms with Crippen LogP contribution in [0.25, 0.3) is 0 Å². The molecule has 0 saturated carbocycles. The first kappa shape index (κ1) is 24.4. The van der Waals surface area contributed by atoms with E-state index in [4.69, 9.17) is 33.0 Å². The Morgan fingerprint density at radius 2 is 2.00 bits per heavy atom. The minimum Gasteiger partial charge on any atom is -0.481 e. The number of benzene rings is 1. The van der Waals surface area contributed by atoms with Gasteiger partial charge in [-0.1, -0.05) is 41.0 Å². The van der Waals surface area contributed by atoms with Gasteiger partial charge in [-0.25, -0.2) is 4.68 Å². The van der Waals surface area contributed by atoms with E-state index in [1.807, 2.05) is 0 Å². The number of carbonyl (C=O) groups is 3. The molecule has 2 N–H and O–H groups in total. The highest BCUT2D eigenvalue weighted by Gasteiger charge is 2.26. The maximum Gasteiger partial charge on any atom is 0.305 e. The standard InChI is InChI=1S/C16H17Cl2N5O5S2/c1-28-5-6-29-16(27)19-11(7-13(25)26)12(24)8-23-15(20-21-22-23)30-14-9(17)3-2-4-10(14)18/h2-4,11H,5-8H2,1H3,(H,19,27)(H,25,26). The minimum absolute atomic E-state index is 0.230. The van der Waals surface area contributed by atoms with Crippen molar-refractivity contribution in [3.05, 3.63) is 28.2 Å². The fourth-order valence-corrected chi connectivity index (χ4v) is 4.21. The number of carboxylic acids is 1. The predicted molar refractivity (Wildman–Crippen MR) is 112 cm³/mol. The Balaban J connectivity index is 2.09. The van der Waals surface area contributed by atoms with E-state index in [-0.39, 0.29) is 11.7 Å². The van der Waals surface area contributed by atoms with Crippen molar-refractivity contribution in [3.8, 4) is 0 Å². The number of nitrogens with one attached hydrogen (secondary N) is 1. The van der Waals surface area contributed by atoms with E-state index in [0.29, 0.717) is 27.3 Å². The second-order valence-corrected chi connectivity index (χ2v) is 8.52. The third-order valence-corrected chi connectivity index (χ3v) is 6.22. The first-order valence-corrected chi connectivity index (χ1v) is 10.9. The Bertz CT molecular complexity index is 894. The zero-order chi connectivity index (χ0) is 22.1. The topological polar surface area (TPSA) is 136 Å². The van der Waals surface area contributed by atoms with Gasteiger partial charge in [0, 0.05) is 12.9 Å². The van der Waals surface area contributed by atoms with E-state index in [2.05, 4.69) is 20.8 Å². The van der Waals surface area contributed by atoms with Crippen molar-refractivity contribution in [2.45, 2.75) is 29.1 Å². The third-order valence-electron chi connectivity index (χ3n) is 3.50. The van der Waals surface area contributed by atoms with Gasteiger partial charge in [-0.05, 0) is 34.3 Å². The highest BCUT2D eigenvalue weighted by atomic mass is 35.5. The van der Waals surface area contributed by atoms with Gasteiger partial charge in [0.2, 0.25) is 5.16 Å². The molecule has 10 nitrogen and oxygen atoms in total. The maximum atomic E-state index is 12.7. The number of carboxylic acid groups (broad SMARTS) is 1. The molecule has 1 aromatic carbocycles. The van der Waals surface area contributed by atoms with E-state index in [1.54, 1.807) is 18.2 Å². The number of thioether (sulfide) groups is 1. The van der Waals surface area contributed by atoms with Crippen LogP contribution in [0.15, 0.2) is 28.3 Å². The van der Waals surface area contributed by atoms with Gasteiger partial charge in [-0.15, -0.1) is 5.10 Å². The van der Waals surface area contributed by atoms with E-state index in [9.17, 15) is 14.4 Å². The molecule has 0 saturated heterocycles. The van der Waals surface area contributed by atoms with Crippen molar-refractivity contribution in [3.63, 3.8) is 0 Å². The molecule has 1 atom stereocenters. The normalized spacial score (nSPS) is 11.8. The zero-order valence-corrected chi connectivity index (χ0v) is 18.7. The molecule has 1 aromatic heterocycles. The van der Waals surface area contributed by atoms with Crippen molar-refractivity contribution in [1.82, 2.24) is 25.5 Å². The highest BCUT2D eigenvalue weighted by molar-refractivity contribution is 8.13. The number of halogens is 2. The molecule has 1 heterocycles. The van der Waals surface area contributed by atoms with Crippen LogP contribution in [-0.4, -0.2) is 67.8 Å². The molecule has 0 spiro atoms. The van der Waals surface area contributed by atoms with Gasteiger partial charge in [0.1, 0.15) is 12.6 Å². The number of ketones is 1. The monoisotopic (exact) mass is 493 g/mol. The molecule has 0 aliphatic heterocycles. The average molecular weight is 494 g/mol. The molecule has 1 unspecified atom stereocenters. The summed E-state index contributed by atoms with van der Waals surface area (Å²) >= 11 is 14.2. The molecule has 14 heteroatoms. The number of aromatic nitrogens is 4. The van der Waals surface area contributed by atoms with Crippen molar-refractivity contribution in [2.75, 3.05) is 19.5 Å². The molecule has 0 radical (unpaired) electrons. The molecule has 2 aromatic rings. The van der Waals surface area contributed by atoms with Gasteiger partial charge in [-0.2, -0.15) is 0 Å². The van der Waals surface area contributed by atoms with Crippen LogP contribution in [0.5, 0.6) is 0 Å². The SMILES string of the molecule is COCCSC(=O)NC(CC(=O)O)C(=O)Cn1nnnc1Sc1c(Cl)cccc1Cl. The molecule has 30 heavy (non-hydrogen) atoms. The number of nitrogens with zero attached hydrogens (tertiary/aromatic N) is 4. The van der Waals surface area contributed by atoms with Gasteiger partial charge in [0.15, 0.2) is 5.78 Å². The number of methoxy groups -OCH3 is 1. The smallest absolute Gasteiger partial charge is 0.305 e. The number of rotatable bonds is 11. The summed E-state index contributed by atoms with van der Waals surface area (Å²) in [5, 5.41) is 23.1. The molecule has 0 aliphatic rings. The van der Waals surface area contributed by atoms with Crippen molar-refractivity contribution >= 4 is 63.7 Å². The summed E-state index contributed by atoms with van der Waals surface area (Å²) in [5.74, 6) is -1.44. The summed E-state index contributed by atoms with van der Waals surface area (Å²) in [7, 11) is 1.49. The molecular formula is C16H17Cl2N5O5S2. The average Bonchev–Trinajstić information content (AvgIpc) is 3.11. The lowest BCUT2D eigenvalue weighted by Crippen LogP contribution is -2.42. The van der Waals surface area contributed by atoms with E-state index < -0.39 is 29.5 Å². The van der Waals surface area contributed by atoms with E-state index in [0.717, 1.165) is 23.5 Å². The van der Waals surface area contributed by atoms with E-state index in [1.165, 1.54) is 11.8 Å². The molecule has 2 rings (SSSR count). The van der Waals surface area contributed by atoms with Crippen LogP contribution in [0.4, 0.5) is 4.79 Å². The largest absolute Gasteiger partial charge is 0.481 e. The number of Topliss-reactive ketones (excluding diaryl/α,β-unsaturated/α-hetero) is 1. The highest BCUT2D eigenvalue weighted by Crippen LogP contribution is 2.37. The Kier molecular flexibility index (Phi) is 9.85. The number of tetrazole rings is 1. The number of hydrogen-bond donors (Lipinski definition) is 2. The van der Waals surface area contributed by atoms with Crippen LogP contribution in [0.3, 0.4) is 0 Å². The van der Waals surface area contributed by atoms with Crippen molar-refractivity contribution in [2.24, 2.45) is 0 Å². The Labute approximate surface area is 190 Å². The predicted octanol–water partition coefficient (Wildman–Crippen LogP) is 2.63. The van der Waals surface area contributed by atoms with E-state index >= 15 is 0 Å². The molecule has 1 amide bonds. The molecule has 162 valence electrons. The Morgan fingerprint density at radius 3 is 2.63 bits per heavy atom. The summed E-state index contributed by atoms with van der Waals surface area (Å²) in [5.41, 5.74) is 0. The second kappa shape index (κ2) is 12.1. The fraction of sp³-hybridized carbons (Fsp3) is 0.375. The number of ether oxygens (including phenoxy) is 1. The van der Waals surface area contributed by atoms with Gasteiger partial charge in [0.25, 0.3) is 5.24 Å². The van der Waals surface area contributed by atoms with Crippen molar-refractivity contribution in [1.29, 1.82) is 0 Å². The molecule has 0 fully saturated rings. The molecule has 0 aliphatic carbocycles. The Morgan fingerprint density at radius 1 is 1.30 bits per heavy atom. The first-order valence-electron chi connectivity index (χ1n) is 8.36. The molecular weight excluding hydrogens is 477 g/mol. The van der Waals surface area contributed by atoms with Crippen molar-refractivity contribution < 1.29 is 24.2 Å². The van der Waals surface area contributed by atoms with Crippen LogP contribution >= 0.6 is 46.7 Å². The summed E-state index contributed by atoms with van der Waals surface area (Å²) < 4.78 is 6.04. The third kappa shape index (κ3) is 7.43. The van der Waals surface area contributed by atoms with Crippen LogP contribution in [-0.2, 0) is 20.9 Å². The lowest BCUT2D eigenvalue weighted by molar-refractivity contribution is -0.139. The lowest BCUT2D eigenvalue weighted by atomic mass is 10.1. The summed E-state index contributed by atoms with van der Waals surface area (Å²) in [6.45, 7) is -0.0101. The minimum atomic E-state index is -1.24. The quantitative estimate of drug-likeness (QED) is 0.449. The van der Waals surface area contributed by atoms with Crippen LogP contribution in [0, 0.1) is 0 Å². The lowest BCUT2D eigenvalue weighted by Gasteiger charge is -2.16. The van der Waals surface area contributed by atoms with Gasteiger partial charge >= 0.3 is 5.97 Å². The van der Waals surface area contributed by atoms with Gasteiger partial charge in [0.05, 0.1) is 28.0 Å². The fourth-order valence-electron chi connectivity index (χ4n) is 2.12. The number of carbonyl (C=O) groups excluding carboxylic acids is 2. The second-order valence-electron chi connectivity index (χ2n) is 5.66. The zero-order valence-electron chi connectivity index (χ0n) is 15.6. The van der Waals surface area contributed by atoms with Gasteiger partial charge in [-0.3, -0.25) is 14.4 Å². The summed E-state index contributed by atoms with van der Waals surface area (Å²) in [4.78, 5) is 36.3. The maximum absolute atomic E-state index is 12.7.